The van der Waals surface area contributed by atoms with Gasteiger partial charge in [-0.2, -0.15) is 5.26 Å². The fourth-order valence-electron chi connectivity index (χ4n) is 4.05. The van der Waals surface area contributed by atoms with E-state index in [0.717, 1.165) is 16.0 Å². The summed E-state index contributed by atoms with van der Waals surface area (Å²) in [6.45, 7) is 12.3. The number of amides is 3. The zero-order chi connectivity index (χ0) is 28.6. The van der Waals surface area contributed by atoms with Crippen LogP contribution in [0.5, 0.6) is 5.75 Å². The van der Waals surface area contributed by atoms with Gasteiger partial charge in [0.05, 0.1) is 6.07 Å². The van der Waals surface area contributed by atoms with E-state index in [1.54, 1.807) is 20.8 Å². The minimum atomic E-state index is -1.21. The Kier molecular flexibility index (Phi) is 10.3. The van der Waals surface area contributed by atoms with Crippen molar-refractivity contribution >= 4 is 23.6 Å². The number of nitriles is 1. The number of anilines is 1. The lowest BCUT2D eigenvalue weighted by Gasteiger charge is -2.33. The second-order valence-electron chi connectivity index (χ2n) is 10.7. The quantitative estimate of drug-likeness (QED) is 0.398. The van der Waals surface area contributed by atoms with Crippen molar-refractivity contribution in [1.82, 2.24) is 10.2 Å². The van der Waals surface area contributed by atoms with Crippen molar-refractivity contribution in [3.63, 3.8) is 0 Å². The van der Waals surface area contributed by atoms with Crippen LogP contribution in [0, 0.1) is 31.1 Å². The summed E-state index contributed by atoms with van der Waals surface area (Å²) in [6.07, 6.45) is -0.504. The molecule has 0 spiro atoms. The van der Waals surface area contributed by atoms with Crippen LogP contribution in [0.2, 0.25) is 0 Å². The molecule has 0 aliphatic heterocycles. The Morgan fingerprint density at radius 1 is 1.05 bits per heavy atom. The van der Waals surface area contributed by atoms with Crippen molar-refractivity contribution in [3.8, 4) is 11.8 Å². The number of benzene rings is 2. The van der Waals surface area contributed by atoms with E-state index in [9.17, 15) is 24.8 Å². The van der Waals surface area contributed by atoms with Crippen molar-refractivity contribution in [2.24, 2.45) is 5.92 Å². The predicted molar refractivity (Wildman–Crippen MR) is 145 cm³/mol. The molecule has 9 nitrogen and oxygen atoms in total. The van der Waals surface area contributed by atoms with E-state index < -0.39 is 42.1 Å². The predicted octanol–water partition coefficient (Wildman–Crippen LogP) is 4.98. The Morgan fingerprint density at radius 2 is 1.63 bits per heavy atom. The third kappa shape index (κ3) is 8.51. The number of carbonyl (C=O) groups is 3. The number of phenolic OH excluding ortho intramolecular Hbond substituents is 1. The van der Waals surface area contributed by atoms with E-state index >= 15 is 0 Å². The Hall–Kier alpha value is -4.06. The minimum absolute atomic E-state index is 0.00917. The molecule has 9 heteroatoms. The average molecular weight is 523 g/mol. The van der Waals surface area contributed by atoms with E-state index in [0.29, 0.717) is 11.3 Å². The molecule has 3 N–H and O–H groups in total. The summed E-state index contributed by atoms with van der Waals surface area (Å²) in [5, 5.41) is 25.0. The highest BCUT2D eigenvalue weighted by atomic mass is 16.6. The Balaban J connectivity index is 2.54. The number of nitrogens with zero attached hydrogens (tertiary/aromatic N) is 2. The van der Waals surface area contributed by atoms with Crippen molar-refractivity contribution < 1.29 is 24.2 Å². The van der Waals surface area contributed by atoms with Gasteiger partial charge in [-0.1, -0.05) is 44.2 Å². The highest BCUT2D eigenvalue weighted by Gasteiger charge is 2.37. The highest BCUT2D eigenvalue weighted by Crippen LogP contribution is 2.28. The van der Waals surface area contributed by atoms with Crippen molar-refractivity contribution in [3.05, 3.63) is 59.2 Å². The molecule has 0 saturated carbocycles. The van der Waals surface area contributed by atoms with Gasteiger partial charge in [-0.3, -0.25) is 9.59 Å². The summed E-state index contributed by atoms with van der Waals surface area (Å²) < 4.78 is 5.36. The molecule has 0 aliphatic carbocycles. The molecule has 3 amide bonds. The van der Waals surface area contributed by atoms with Gasteiger partial charge in [-0.05, 0) is 75.8 Å². The lowest BCUT2D eigenvalue weighted by atomic mass is 9.99. The normalized spacial score (nSPS) is 12.7. The van der Waals surface area contributed by atoms with E-state index in [1.165, 1.54) is 24.3 Å². The van der Waals surface area contributed by atoms with Crippen LogP contribution in [0.1, 0.15) is 63.8 Å². The molecule has 2 unspecified atom stereocenters. The summed E-state index contributed by atoms with van der Waals surface area (Å²) in [7, 11) is 0. The van der Waals surface area contributed by atoms with Crippen LogP contribution in [0.3, 0.4) is 0 Å². The maximum atomic E-state index is 13.9. The molecule has 0 aliphatic rings. The van der Waals surface area contributed by atoms with Gasteiger partial charge in [0.2, 0.25) is 5.91 Å². The van der Waals surface area contributed by atoms with Crippen LogP contribution in [0.4, 0.5) is 10.5 Å². The SMILES string of the molecule is Cc1cccc(C)c1NC(=O)C(c1ccc(O)cc1)N(CC#N)C(=O)C(CC(C)C)NC(=O)OC(C)(C)C. The lowest BCUT2D eigenvalue weighted by Crippen LogP contribution is -2.53. The maximum Gasteiger partial charge on any atom is 0.408 e. The molecule has 0 radical (unpaired) electrons. The molecule has 2 aromatic carbocycles. The van der Waals surface area contributed by atoms with E-state index in [4.69, 9.17) is 4.74 Å². The van der Waals surface area contributed by atoms with Crippen molar-refractivity contribution in [2.75, 3.05) is 11.9 Å². The van der Waals surface area contributed by atoms with Crippen molar-refractivity contribution in [1.29, 1.82) is 5.26 Å². The molecule has 2 rings (SSSR count). The maximum absolute atomic E-state index is 13.9. The van der Waals surface area contributed by atoms with Crippen LogP contribution in [0.25, 0.3) is 0 Å². The van der Waals surface area contributed by atoms with E-state index in [1.807, 2.05) is 52.0 Å². The second kappa shape index (κ2) is 13.0. The number of alkyl carbamates (subject to hydrolysis) is 1. The number of hydrogen-bond acceptors (Lipinski definition) is 6. The first kappa shape index (κ1) is 30.2. The number of para-hydroxylation sites is 1. The zero-order valence-electron chi connectivity index (χ0n) is 23.2. The third-order valence-corrected chi connectivity index (χ3v) is 5.72. The number of aromatic hydroxyl groups is 1. The highest BCUT2D eigenvalue weighted by molar-refractivity contribution is 6.00. The fraction of sp³-hybridized carbons (Fsp3) is 0.448. The number of hydrogen-bond donors (Lipinski definition) is 3. The number of carbonyl (C=O) groups excluding carboxylic acids is 3. The van der Waals surface area contributed by atoms with Crippen LogP contribution >= 0.6 is 0 Å². The first-order valence-corrected chi connectivity index (χ1v) is 12.6. The number of ether oxygens (including phenoxy) is 1. The standard InChI is InChI=1S/C29H38N4O5/c1-18(2)17-23(31-28(37)38-29(5,6)7)27(36)33(16-15-30)25(21-11-13-22(34)14-12-21)26(35)32-24-19(3)9-8-10-20(24)4/h8-14,18,23,25,34H,16-17H2,1-7H3,(H,31,37)(H,32,35). The van der Waals surface area contributed by atoms with Crippen molar-refractivity contribution in [2.45, 2.75) is 72.6 Å². The first-order valence-electron chi connectivity index (χ1n) is 12.6. The summed E-state index contributed by atoms with van der Waals surface area (Å²) in [5.74, 6) is -1.12. The molecule has 0 fully saturated rings. The molecule has 0 heterocycles. The molecular formula is C29H38N4O5. The molecule has 2 atom stereocenters. The molecule has 2 aromatic rings. The third-order valence-electron chi connectivity index (χ3n) is 5.72. The summed E-state index contributed by atoms with van der Waals surface area (Å²) in [6, 6.07) is 11.2. The van der Waals surface area contributed by atoms with E-state index in [2.05, 4.69) is 10.6 Å². The minimum Gasteiger partial charge on any atom is -0.508 e. The number of phenols is 1. The largest absolute Gasteiger partial charge is 0.508 e. The molecule has 0 aromatic heterocycles. The van der Waals surface area contributed by atoms with E-state index in [-0.39, 0.29) is 18.1 Å². The number of rotatable bonds is 9. The second-order valence-corrected chi connectivity index (χ2v) is 10.7. The first-order chi connectivity index (χ1) is 17.7. The number of aryl methyl sites for hydroxylation is 2. The molecule has 0 bridgehead atoms. The number of nitrogens with one attached hydrogen (secondary N) is 2. The Labute approximate surface area is 224 Å². The monoisotopic (exact) mass is 522 g/mol. The topological polar surface area (TPSA) is 132 Å². The van der Waals surface area contributed by atoms with Gasteiger partial charge in [0.25, 0.3) is 5.91 Å². The Bertz CT molecular complexity index is 1160. The molecule has 0 saturated heterocycles. The fourth-order valence-corrected chi connectivity index (χ4v) is 4.05. The van der Waals surface area contributed by atoms with Gasteiger partial charge < -0.3 is 25.4 Å². The van der Waals surface area contributed by atoms with Gasteiger partial charge in [0.1, 0.15) is 30.0 Å². The van der Waals surface area contributed by atoms with Gasteiger partial charge in [0.15, 0.2) is 0 Å². The van der Waals surface area contributed by atoms with Crippen LogP contribution < -0.4 is 10.6 Å². The zero-order valence-corrected chi connectivity index (χ0v) is 23.2. The lowest BCUT2D eigenvalue weighted by molar-refractivity contribution is -0.140. The van der Waals surface area contributed by atoms with Gasteiger partial charge in [-0.15, -0.1) is 0 Å². The van der Waals surface area contributed by atoms with Crippen LogP contribution in [0.15, 0.2) is 42.5 Å². The van der Waals surface area contributed by atoms with Gasteiger partial charge >= 0.3 is 6.09 Å². The van der Waals surface area contributed by atoms with Crippen LogP contribution in [-0.4, -0.2) is 46.1 Å². The summed E-state index contributed by atoms with van der Waals surface area (Å²) in [4.78, 5) is 41.4. The molecule has 204 valence electrons. The molecule has 38 heavy (non-hydrogen) atoms. The van der Waals surface area contributed by atoms with Gasteiger partial charge in [0, 0.05) is 5.69 Å². The summed E-state index contributed by atoms with van der Waals surface area (Å²) in [5.41, 5.74) is 1.91. The average Bonchev–Trinajstić information content (AvgIpc) is 2.80. The van der Waals surface area contributed by atoms with Crippen LogP contribution in [-0.2, 0) is 14.3 Å². The Morgan fingerprint density at radius 3 is 2.13 bits per heavy atom. The smallest absolute Gasteiger partial charge is 0.408 e. The van der Waals surface area contributed by atoms with Gasteiger partial charge in [-0.25, -0.2) is 4.79 Å². The summed E-state index contributed by atoms with van der Waals surface area (Å²) >= 11 is 0. The molecular weight excluding hydrogens is 484 g/mol.